The second-order valence-electron chi connectivity index (χ2n) is 5.55. The van der Waals surface area contributed by atoms with Crippen LogP contribution >= 0.6 is 0 Å². The maximum atomic E-state index is 6.29. The molecule has 0 spiro atoms. The molecule has 1 aromatic heterocycles. The molecule has 2 N–H and O–H groups in total. The highest BCUT2D eigenvalue weighted by Gasteiger charge is 2.30. The minimum atomic E-state index is 0.321. The van der Waals surface area contributed by atoms with Crippen LogP contribution in [-0.2, 0) is 6.54 Å². The molecule has 0 aliphatic heterocycles. The molecule has 3 nitrogen and oxygen atoms in total. The van der Waals surface area contributed by atoms with Crippen LogP contribution in [0.4, 0.5) is 0 Å². The predicted molar refractivity (Wildman–Crippen MR) is 75.1 cm³/mol. The maximum absolute atomic E-state index is 6.29. The number of nitrogens with two attached hydrogens (primary N) is 1. The number of hydrogen-bond donors (Lipinski definition) is 1. The van der Waals surface area contributed by atoms with Gasteiger partial charge in [0.2, 0.25) is 0 Å². The van der Waals surface area contributed by atoms with Gasteiger partial charge in [-0.1, -0.05) is 19.4 Å². The van der Waals surface area contributed by atoms with E-state index >= 15 is 0 Å². The standard InChI is InChI=1S/C15H25N3/c1-3-12-7-8-14(16)15(10-12)18(2)11-13-6-4-5-9-17-13/h4-6,9,12,14-15H,3,7-8,10-11,16H2,1-2H3. The summed E-state index contributed by atoms with van der Waals surface area (Å²) in [7, 11) is 2.18. The molecule has 18 heavy (non-hydrogen) atoms. The predicted octanol–water partition coefficient (Wildman–Crippen LogP) is 2.42. The van der Waals surface area contributed by atoms with Crippen LogP contribution in [0.15, 0.2) is 24.4 Å². The van der Waals surface area contributed by atoms with Crippen LogP contribution in [-0.4, -0.2) is 29.0 Å². The Labute approximate surface area is 110 Å². The van der Waals surface area contributed by atoms with Crippen molar-refractivity contribution in [1.82, 2.24) is 9.88 Å². The Kier molecular flexibility index (Phi) is 4.72. The van der Waals surface area contributed by atoms with Gasteiger partial charge in [0.15, 0.2) is 0 Å². The van der Waals surface area contributed by atoms with Crippen LogP contribution in [0.25, 0.3) is 0 Å². The Hall–Kier alpha value is -0.930. The zero-order chi connectivity index (χ0) is 13.0. The molecule has 1 aliphatic carbocycles. The Morgan fingerprint density at radius 1 is 1.39 bits per heavy atom. The van der Waals surface area contributed by atoms with Gasteiger partial charge in [-0.15, -0.1) is 0 Å². The van der Waals surface area contributed by atoms with Crippen molar-refractivity contribution in [3.8, 4) is 0 Å². The van der Waals surface area contributed by atoms with Crippen molar-refractivity contribution in [2.45, 2.75) is 51.2 Å². The number of hydrogen-bond acceptors (Lipinski definition) is 3. The fraction of sp³-hybridized carbons (Fsp3) is 0.667. The van der Waals surface area contributed by atoms with E-state index in [0.29, 0.717) is 12.1 Å². The van der Waals surface area contributed by atoms with E-state index in [1.165, 1.54) is 19.3 Å². The summed E-state index contributed by atoms with van der Waals surface area (Å²) in [6.07, 6.45) is 6.84. The van der Waals surface area contributed by atoms with E-state index in [9.17, 15) is 0 Å². The van der Waals surface area contributed by atoms with Crippen LogP contribution < -0.4 is 5.73 Å². The van der Waals surface area contributed by atoms with E-state index in [2.05, 4.69) is 29.9 Å². The Bertz CT molecular complexity index is 352. The molecule has 1 aliphatic rings. The first-order valence-electron chi connectivity index (χ1n) is 7.06. The van der Waals surface area contributed by atoms with Gasteiger partial charge in [0.05, 0.1) is 5.69 Å². The fourth-order valence-corrected chi connectivity index (χ4v) is 3.00. The van der Waals surface area contributed by atoms with E-state index in [0.717, 1.165) is 24.6 Å². The largest absolute Gasteiger partial charge is 0.326 e. The van der Waals surface area contributed by atoms with Crippen LogP contribution in [0, 0.1) is 5.92 Å². The Morgan fingerprint density at radius 2 is 2.22 bits per heavy atom. The topological polar surface area (TPSA) is 42.1 Å². The van der Waals surface area contributed by atoms with Crippen LogP contribution in [0.5, 0.6) is 0 Å². The number of rotatable bonds is 4. The Morgan fingerprint density at radius 3 is 2.89 bits per heavy atom. The summed E-state index contributed by atoms with van der Waals surface area (Å²) in [4.78, 5) is 6.78. The van der Waals surface area contributed by atoms with Gasteiger partial charge in [-0.05, 0) is 44.4 Å². The minimum absolute atomic E-state index is 0.321. The first kappa shape index (κ1) is 13.5. The van der Waals surface area contributed by atoms with Crippen molar-refractivity contribution in [2.24, 2.45) is 11.7 Å². The molecule has 2 rings (SSSR count). The van der Waals surface area contributed by atoms with E-state index in [1.54, 1.807) is 0 Å². The molecule has 100 valence electrons. The molecule has 0 aromatic carbocycles. The van der Waals surface area contributed by atoms with Gasteiger partial charge in [0, 0.05) is 24.8 Å². The van der Waals surface area contributed by atoms with Gasteiger partial charge in [-0.25, -0.2) is 0 Å². The average molecular weight is 247 g/mol. The first-order chi connectivity index (χ1) is 8.70. The van der Waals surface area contributed by atoms with E-state index in [-0.39, 0.29) is 0 Å². The van der Waals surface area contributed by atoms with Gasteiger partial charge < -0.3 is 5.73 Å². The van der Waals surface area contributed by atoms with Gasteiger partial charge >= 0.3 is 0 Å². The molecule has 3 atom stereocenters. The minimum Gasteiger partial charge on any atom is -0.326 e. The number of aromatic nitrogens is 1. The third kappa shape index (κ3) is 3.30. The van der Waals surface area contributed by atoms with E-state index in [1.807, 2.05) is 18.3 Å². The van der Waals surface area contributed by atoms with Crippen molar-refractivity contribution < 1.29 is 0 Å². The molecule has 3 unspecified atom stereocenters. The summed E-state index contributed by atoms with van der Waals surface area (Å²) < 4.78 is 0. The highest BCUT2D eigenvalue weighted by atomic mass is 15.2. The van der Waals surface area contributed by atoms with Crippen LogP contribution in [0.1, 0.15) is 38.3 Å². The van der Waals surface area contributed by atoms with Gasteiger partial charge in [-0.3, -0.25) is 9.88 Å². The highest BCUT2D eigenvalue weighted by molar-refractivity contribution is 5.04. The van der Waals surface area contributed by atoms with Gasteiger partial charge in [0.25, 0.3) is 0 Å². The molecule has 0 radical (unpaired) electrons. The quantitative estimate of drug-likeness (QED) is 0.888. The third-order valence-corrected chi connectivity index (χ3v) is 4.26. The van der Waals surface area contributed by atoms with E-state index < -0.39 is 0 Å². The second-order valence-corrected chi connectivity index (χ2v) is 5.55. The molecule has 1 heterocycles. The van der Waals surface area contributed by atoms with Crippen molar-refractivity contribution in [3.63, 3.8) is 0 Å². The molecule has 1 aromatic rings. The number of nitrogens with zero attached hydrogens (tertiary/aromatic N) is 2. The third-order valence-electron chi connectivity index (χ3n) is 4.26. The number of pyridine rings is 1. The zero-order valence-electron chi connectivity index (χ0n) is 11.5. The van der Waals surface area contributed by atoms with Crippen LogP contribution in [0.3, 0.4) is 0 Å². The summed E-state index contributed by atoms with van der Waals surface area (Å²) in [5.41, 5.74) is 7.42. The summed E-state index contributed by atoms with van der Waals surface area (Å²) in [6.45, 7) is 3.19. The van der Waals surface area contributed by atoms with Crippen molar-refractivity contribution in [3.05, 3.63) is 30.1 Å². The summed E-state index contributed by atoms with van der Waals surface area (Å²) >= 11 is 0. The molecule has 1 fully saturated rings. The SMILES string of the molecule is CCC1CCC(N)C(N(C)Cc2ccccn2)C1. The number of likely N-dealkylation sites (N-methyl/N-ethyl adjacent to an activating group) is 1. The monoisotopic (exact) mass is 247 g/mol. The lowest BCUT2D eigenvalue weighted by Crippen LogP contribution is -2.49. The first-order valence-corrected chi connectivity index (χ1v) is 7.06. The Balaban J connectivity index is 1.96. The smallest absolute Gasteiger partial charge is 0.0543 e. The van der Waals surface area contributed by atoms with Crippen molar-refractivity contribution in [1.29, 1.82) is 0 Å². The maximum Gasteiger partial charge on any atom is 0.0543 e. The average Bonchev–Trinajstić information content (AvgIpc) is 2.40. The summed E-state index contributed by atoms with van der Waals surface area (Å²) in [5, 5.41) is 0. The van der Waals surface area contributed by atoms with E-state index in [4.69, 9.17) is 5.73 Å². The second kappa shape index (κ2) is 6.30. The molecule has 3 heteroatoms. The molecule has 1 saturated carbocycles. The summed E-state index contributed by atoms with van der Waals surface area (Å²) in [5.74, 6) is 0.848. The van der Waals surface area contributed by atoms with Crippen LogP contribution in [0.2, 0.25) is 0 Å². The molecule has 0 bridgehead atoms. The van der Waals surface area contributed by atoms with Gasteiger partial charge in [0.1, 0.15) is 0 Å². The highest BCUT2D eigenvalue weighted by Crippen LogP contribution is 2.29. The normalized spacial score (nSPS) is 28.6. The molecule has 0 saturated heterocycles. The lowest BCUT2D eigenvalue weighted by molar-refractivity contribution is 0.128. The van der Waals surface area contributed by atoms with Gasteiger partial charge in [-0.2, -0.15) is 0 Å². The fourth-order valence-electron chi connectivity index (χ4n) is 3.00. The molecule has 0 amide bonds. The molecular weight excluding hydrogens is 222 g/mol. The summed E-state index contributed by atoms with van der Waals surface area (Å²) in [6, 6.07) is 6.92. The zero-order valence-corrected chi connectivity index (χ0v) is 11.5. The lowest BCUT2D eigenvalue weighted by atomic mass is 9.81. The lowest BCUT2D eigenvalue weighted by Gasteiger charge is -2.39. The van der Waals surface area contributed by atoms with Crippen molar-refractivity contribution >= 4 is 0 Å². The van der Waals surface area contributed by atoms with Crippen molar-refractivity contribution in [2.75, 3.05) is 7.05 Å². The molecular formula is C15H25N3.